The molecule has 1 atom stereocenters. The highest BCUT2D eigenvalue weighted by Gasteiger charge is 2.11. The number of carbonyl (C=O) groups excluding carboxylic acids is 1. The minimum absolute atomic E-state index is 0.139. The lowest BCUT2D eigenvalue weighted by atomic mass is 10.1. The highest BCUT2D eigenvalue weighted by Crippen LogP contribution is 2.11. The Morgan fingerprint density at radius 1 is 1.28 bits per heavy atom. The molecule has 0 fully saturated rings. The van der Waals surface area contributed by atoms with E-state index in [0.29, 0.717) is 11.3 Å². The van der Waals surface area contributed by atoms with Gasteiger partial charge in [0, 0.05) is 17.4 Å². The van der Waals surface area contributed by atoms with Crippen molar-refractivity contribution in [3.8, 4) is 0 Å². The Morgan fingerprint density at radius 3 is 2.78 bits per heavy atom. The van der Waals surface area contributed by atoms with Gasteiger partial charge in [-0.25, -0.2) is 0 Å². The molecule has 0 radical (unpaired) electrons. The number of hydrogen-bond donors (Lipinski definition) is 2. The molecule has 4 nitrogen and oxygen atoms in total. The van der Waals surface area contributed by atoms with Crippen LogP contribution in [0, 0.1) is 0 Å². The van der Waals surface area contributed by atoms with Crippen LogP contribution in [0.15, 0.2) is 48.7 Å². The molecule has 0 bridgehead atoms. The van der Waals surface area contributed by atoms with E-state index in [1.54, 1.807) is 30.5 Å². The highest BCUT2D eigenvalue weighted by atomic mass is 16.1. The molecule has 0 saturated heterocycles. The monoisotopic (exact) mass is 241 g/mol. The lowest BCUT2D eigenvalue weighted by Gasteiger charge is -2.13. The number of carbonyl (C=O) groups is 1. The van der Waals surface area contributed by atoms with Gasteiger partial charge in [-0.3, -0.25) is 9.78 Å². The fourth-order valence-electron chi connectivity index (χ4n) is 1.67. The van der Waals surface area contributed by atoms with E-state index >= 15 is 0 Å². The van der Waals surface area contributed by atoms with Crippen LogP contribution in [-0.2, 0) is 0 Å². The van der Waals surface area contributed by atoms with E-state index in [1.165, 1.54) is 0 Å². The second-order valence-corrected chi connectivity index (χ2v) is 4.08. The van der Waals surface area contributed by atoms with Gasteiger partial charge in [-0.2, -0.15) is 0 Å². The summed E-state index contributed by atoms with van der Waals surface area (Å²) in [6, 6.07) is 12.4. The molecule has 1 heterocycles. The van der Waals surface area contributed by atoms with Crippen molar-refractivity contribution in [1.29, 1.82) is 0 Å². The molecule has 0 saturated carbocycles. The zero-order valence-corrected chi connectivity index (χ0v) is 10.1. The molecular weight excluding hydrogens is 226 g/mol. The number of aromatic nitrogens is 1. The van der Waals surface area contributed by atoms with Gasteiger partial charge in [-0.15, -0.1) is 0 Å². The molecule has 1 aromatic carbocycles. The van der Waals surface area contributed by atoms with E-state index in [0.717, 1.165) is 5.69 Å². The minimum atomic E-state index is -0.152. The summed E-state index contributed by atoms with van der Waals surface area (Å²) in [7, 11) is 0. The van der Waals surface area contributed by atoms with Gasteiger partial charge in [-0.05, 0) is 37.3 Å². The lowest BCUT2D eigenvalue weighted by Crippen LogP contribution is -2.27. The van der Waals surface area contributed by atoms with Crippen molar-refractivity contribution in [2.75, 3.05) is 5.73 Å². The molecule has 3 N–H and O–H groups in total. The summed E-state index contributed by atoms with van der Waals surface area (Å²) in [6.07, 6.45) is 1.71. The number of benzene rings is 1. The van der Waals surface area contributed by atoms with E-state index in [-0.39, 0.29) is 11.9 Å². The number of nitrogens with two attached hydrogens (primary N) is 1. The molecule has 2 rings (SSSR count). The highest BCUT2D eigenvalue weighted by molar-refractivity contribution is 5.95. The lowest BCUT2D eigenvalue weighted by molar-refractivity contribution is 0.0939. The van der Waals surface area contributed by atoms with Crippen LogP contribution < -0.4 is 11.1 Å². The Morgan fingerprint density at radius 2 is 2.11 bits per heavy atom. The number of pyridine rings is 1. The number of amides is 1. The molecule has 4 heteroatoms. The fourth-order valence-corrected chi connectivity index (χ4v) is 1.67. The molecule has 1 aromatic heterocycles. The Hall–Kier alpha value is -2.36. The Kier molecular flexibility index (Phi) is 3.57. The van der Waals surface area contributed by atoms with Crippen molar-refractivity contribution in [3.05, 3.63) is 59.9 Å². The predicted octanol–water partition coefficient (Wildman–Crippen LogP) is 2.15. The van der Waals surface area contributed by atoms with E-state index in [2.05, 4.69) is 10.3 Å². The third-order valence-electron chi connectivity index (χ3n) is 2.63. The standard InChI is InChI=1S/C14H15N3O/c1-10(13-7-2-3-8-16-13)17-14(18)11-5-4-6-12(15)9-11/h2-10H,15H2,1H3,(H,17,18)/t10-/m0/s1. The van der Waals surface area contributed by atoms with Gasteiger partial charge >= 0.3 is 0 Å². The Balaban J connectivity index is 2.08. The van der Waals surface area contributed by atoms with Gasteiger partial charge < -0.3 is 11.1 Å². The summed E-state index contributed by atoms with van der Waals surface area (Å²) in [5.41, 5.74) is 7.60. The normalized spacial score (nSPS) is 11.8. The van der Waals surface area contributed by atoms with Crippen LogP contribution in [0.3, 0.4) is 0 Å². The van der Waals surface area contributed by atoms with Crippen molar-refractivity contribution in [2.45, 2.75) is 13.0 Å². The van der Waals surface area contributed by atoms with Crippen LogP contribution in [0.1, 0.15) is 29.0 Å². The van der Waals surface area contributed by atoms with Crippen LogP contribution in [0.2, 0.25) is 0 Å². The maximum absolute atomic E-state index is 12.0. The van der Waals surface area contributed by atoms with Crippen molar-refractivity contribution in [1.82, 2.24) is 10.3 Å². The molecule has 0 spiro atoms. The molecule has 0 unspecified atom stereocenters. The number of rotatable bonds is 3. The number of nitrogens with one attached hydrogen (secondary N) is 1. The number of hydrogen-bond acceptors (Lipinski definition) is 3. The van der Waals surface area contributed by atoms with Crippen molar-refractivity contribution < 1.29 is 4.79 Å². The van der Waals surface area contributed by atoms with Crippen molar-refractivity contribution >= 4 is 11.6 Å². The summed E-state index contributed by atoms with van der Waals surface area (Å²) in [4.78, 5) is 16.2. The quantitative estimate of drug-likeness (QED) is 0.809. The molecule has 2 aromatic rings. The SMILES string of the molecule is C[C@H](NC(=O)c1cccc(N)c1)c1ccccn1. The first-order chi connectivity index (χ1) is 8.66. The van der Waals surface area contributed by atoms with Crippen molar-refractivity contribution in [2.24, 2.45) is 0 Å². The summed E-state index contributed by atoms with van der Waals surface area (Å²) < 4.78 is 0. The van der Waals surface area contributed by atoms with Crippen LogP contribution >= 0.6 is 0 Å². The summed E-state index contributed by atoms with van der Waals surface area (Å²) >= 11 is 0. The maximum atomic E-state index is 12.0. The number of nitrogens with zero attached hydrogens (tertiary/aromatic N) is 1. The van der Waals surface area contributed by atoms with Gasteiger partial charge in [-0.1, -0.05) is 12.1 Å². The molecule has 0 aliphatic rings. The second kappa shape index (κ2) is 5.31. The van der Waals surface area contributed by atoms with Gasteiger partial charge in [0.2, 0.25) is 0 Å². The second-order valence-electron chi connectivity index (χ2n) is 4.08. The van der Waals surface area contributed by atoms with Crippen LogP contribution in [0.5, 0.6) is 0 Å². The van der Waals surface area contributed by atoms with Gasteiger partial charge in [0.15, 0.2) is 0 Å². The molecule has 92 valence electrons. The van der Waals surface area contributed by atoms with Gasteiger partial charge in [0.1, 0.15) is 0 Å². The average Bonchev–Trinajstić information content (AvgIpc) is 2.39. The Bertz CT molecular complexity index is 540. The van der Waals surface area contributed by atoms with Crippen LogP contribution in [0.25, 0.3) is 0 Å². The van der Waals surface area contributed by atoms with E-state index < -0.39 is 0 Å². The molecule has 18 heavy (non-hydrogen) atoms. The summed E-state index contributed by atoms with van der Waals surface area (Å²) in [6.45, 7) is 1.90. The van der Waals surface area contributed by atoms with Gasteiger partial charge in [0.25, 0.3) is 5.91 Å². The molecular formula is C14H15N3O. The zero-order chi connectivity index (χ0) is 13.0. The van der Waals surface area contributed by atoms with Gasteiger partial charge in [0.05, 0.1) is 11.7 Å². The molecule has 1 amide bonds. The molecule has 0 aliphatic carbocycles. The Labute approximate surface area is 106 Å². The van der Waals surface area contributed by atoms with E-state index in [4.69, 9.17) is 5.73 Å². The summed E-state index contributed by atoms with van der Waals surface area (Å²) in [5, 5.41) is 2.88. The minimum Gasteiger partial charge on any atom is -0.399 e. The third-order valence-corrected chi connectivity index (χ3v) is 2.63. The number of nitrogen functional groups attached to an aromatic ring is 1. The fraction of sp³-hybridized carbons (Fsp3) is 0.143. The average molecular weight is 241 g/mol. The first-order valence-electron chi connectivity index (χ1n) is 5.74. The predicted molar refractivity (Wildman–Crippen MR) is 71.0 cm³/mol. The summed E-state index contributed by atoms with van der Waals surface area (Å²) in [5.74, 6) is -0.152. The van der Waals surface area contributed by atoms with Crippen LogP contribution in [-0.4, -0.2) is 10.9 Å². The first-order valence-corrected chi connectivity index (χ1v) is 5.74. The maximum Gasteiger partial charge on any atom is 0.251 e. The smallest absolute Gasteiger partial charge is 0.251 e. The van der Waals surface area contributed by atoms with E-state index in [9.17, 15) is 4.79 Å². The zero-order valence-electron chi connectivity index (χ0n) is 10.1. The van der Waals surface area contributed by atoms with Crippen LogP contribution in [0.4, 0.5) is 5.69 Å². The topological polar surface area (TPSA) is 68.0 Å². The number of anilines is 1. The molecule has 0 aliphatic heterocycles. The first kappa shape index (κ1) is 12.1. The van der Waals surface area contributed by atoms with E-state index in [1.807, 2.05) is 25.1 Å². The largest absolute Gasteiger partial charge is 0.399 e. The van der Waals surface area contributed by atoms with Crippen molar-refractivity contribution in [3.63, 3.8) is 0 Å². The third kappa shape index (κ3) is 2.85.